The van der Waals surface area contributed by atoms with Crippen LogP contribution in [0.2, 0.25) is 5.02 Å². The molecule has 37 heavy (non-hydrogen) atoms. The minimum Gasteiger partial charge on any atom is -0.496 e. The summed E-state index contributed by atoms with van der Waals surface area (Å²) >= 11 is 6.25. The van der Waals surface area contributed by atoms with Crippen molar-refractivity contribution in [2.75, 3.05) is 44.9 Å². The smallest absolute Gasteiger partial charge is 0.341 e. The molecule has 1 aliphatic rings. The van der Waals surface area contributed by atoms with E-state index >= 15 is 4.39 Å². The van der Waals surface area contributed by atoms with E-state index in [1.807, 2.05) is 13.8 Å². The highest BCUT2D eigenvalue weighted by Crippen LogP contribution is 2.33. The van der Waals surface area contributed by atoms with Crippen LogP contribution in [0.5, 0.6) is 5.75 Å². The lowest BCUT2D eigenvalue weighted by Gasteiger charge is -2.29. The van der Waals surface area contributed by atoms with Crippen LogP contribution in [0.1, 0.15) is 41.4 Å². The number of carbonyl (C=O) groups is 1. The van der Waals surface area contributed by atoms with Gasteiger partial charge in [0.15, 0.2) is 0 Å². The van der Waals surface area contributed by atoms with Crippen LogP contribution in [0.15, 0.2) is 35.3 Å². The number of hydrogen-bond donors (Lipinski definition) is 2. The number of aliphatic hydroxyl groups is 1. The fraction of sp³-hybridized carbons (Fsp3) is 0.407. The predicted molar refractivity (Wildman–Crippen MR) is 140 cm³/mol. The van der Waals surface area contributed by atoms with Crippen molar-refractivity contribution in [2.24, 2.45) is 5.92 Å². The first kappa shape index (κ1) is 26.9. The van der Waals surface area contributed by atoms with E-state index in [9.17, 15) is 19.8 Å². The van der Waals surface area contributed by atoms with Crippen molar-refractivity contribution in [3.63, 3.8) is 0 Å². The molecule has 2 aromatic carbocycles. The van der Waals surface area contributed by atoms with Gasteiger partial charge in [-0.25, -0.2) is 9.18 Å². The van der Waals surface area contributed by atoms with E-state index in [0.29, 0.717) is 48.7 Å². The van der Waals surface area contributed by atoms with Crippen LogP contribution in [0.4, 0.5) is 10.1 Å². The maximum Gasteiger partial charge on any atom is 0.341 e. The summed E-state index contributed by atoms with van der Waals surface area (Å²) in [6.07, 6.45) is 1.32. The van der Waals surface area contributed by atoms with Crippen LogP contribution in [-0.4, -0.2) is 60.8 Å². The van der Waals surface area contributed by atoms with Crippen molar-refractivity contribution in [3.05, 3.63) is 68.2 Å². The molecular weight excluding hydrogens is 503 g/mol. The van der Waals surface area contributed by atoms with Gasteiger partial charge in [-0.15, -0.1) is 0 Å². The molecule has 0 unspecified atom stereocenters. The Kier molecular flexibility index (Phi) is 8.06. The molecule has 1 fully saturated rings. The summed E-state index contributed by atoms with van der Waals surface area (Å²) in [4.78, 5) is 27.1. The highest BCUT2D eigenvalue weighted by atomic mass is 35.5. The molecule has 1 aromatic heterocycles. The first-order valence-corrected chi connectivity index (χ1v) is 12.4. The van der Waals surface area contributed by atoms with Crippen molar-refractivity contribution in [3.8, 4) is 5.75 Å². The number of hydrogen-bond acceptors (Lipinski definition) is 6. The van der Waals surface area contributed by atoms with E-state index in [2.05, 4.69) is 4.90 Å². The van der Waals surface area contributed by atoms with E-state index in [1.165, 1.54) is 13.3 Å². The van der Waals surface area contributed by atoms with Crippen molar-refractivity contribution in [2.45, 2.75) is 26.3 Å². The zero-order valence-electron chi connectivity index (χ0n) is 21.0. The number of anilines is 1. The summed E-state index contributed by atoms with van der Waals surface area (Å²) in [6.45, 7) is 5.96. The van der Waals surface area contributed by atoms with Gasteiger partial charge >= 0.3 is 5.97 Å². The largest absolute Gasteiger partial charge is 0.496 e. The van der Waals surface area contributed by atoms with Crippen molar-refractivity contribution >= 4 is 34.2 Å². The van der Waals surface area contributed by atoms with E-state index in [4.69, 9.17) is 21.1 Å². The topological polar surface area (TPSA) is 101 Å². The summed E-state index contributed by atoms with van der Waals surface area (Å²) in [5, 5.41) is 19.8. The van der Waals surface area contributed by atoms with Gasteiger partial charge in [-0.3, -0.25) is 4.79 Å². The number of aliphatic hydroxyl groups excluding tert-OH is 1. The number of nitrogens with zero attached hydrogens (tertiary/aromatic N) is 2. The molecule has 1 atom stereocenters. The Morgan fingerprint density at radius 1 is 1.19 bits per heavy atom. The van der Waals surface area contributed by atoms with E-state index < -0.39 is 28.8 Å². The number of rotatable bonds is 8. The number of aromatic carboxylic acids is 1. The molecule has 0 amide bonds. The van der Waals surface area contributed by atoms with Crippen LogP contribution < -0.4 is 15.1 Å². The van der Waals surface area contributed by atoms with Crippen molar-refractivity contribution in [1.82, 2.24) is 4.57 Å². The molecule has 8 nitrogen and oxygen atoms in total. The molecule has 2 N–H and O–H groups in total. The molecule has 1 aliphatic heterocycles. The van der Waals surface area contributed by atoms with Crippen LogP contribution in [0, 0.1) is 11.7 Å². The number of benzene rings is 2. The number of halogens is 2. The van der Waals surface area contributed by atoms with E-state index in [-0.39, 0.29) is 29.4 Å². The zero-order chi connectivity index (χ0) is 26.9. The number of carboxylic acids is 1. The molecule has 1 saturated heterocycles. The first-order valence-electron chi connectivity index (χ1n) is 12.1. The third-order valence-corrected chi connectivity index (χ3v) is 7.10. The zero-order valence-corrected chi connectivity index (χ0v) is 21.7. The number of ether oxygens (including phenoxy) is 2. The van der Waals surface area contributed by atoms with Gasteiger partial charge in [0.2, 0.25) is 5.43 Å². The number of carboxylic acid groups (broad SMARTS) is 1. The summed E-state index contributed by atoms with van der Waals surface area (Å²) in [7, 11) is 1.47. The monoisotopic (exact) mass is 532 g/mol. The van der Waals surface area contributed by atoms with Gasteiger partial charge in [0.05, 0.1) is 43.5 Å². The molecule has 10 heteroatoms. The Morgan fingerprint density at radius 3 is 2.49 bits per heavy atom. The molecule has 0 spiro atoms. The van der Waals surface area contributed by atoms with Gasteiger partial charge in [-0.05, 0) is 35.2 Å². The molecular formula is C27H30ClFN2O6. The van der Waals surface area contributed by atoms with Crippen LogP contribution in [0.25, 0.3) is 10.9 Å². The Balaban J connectivity index is 1.89. The van der Waals surface area contributed by atoms with Gasteiger partial charge in [0.1, 0.15) is 17.1 Å². The first-order chi connectivity index (χ1) is 17.7. The minimum absolute atomic E-state index is 0.0167. The average Bonchev–Trinajstić information content (AvgIpc) is 2.88. The normalized spacial score (nSPS) is 14.8. The van der Waals surface area contributed by atoms with Crippen LogP contribution in [0.3, 0.4) is 0 Å². The lowest BCUT2D eigenvalue weighted by Crippen LogP contribution is -2.36. The Morgan fingerprint density at radius 2 is 1.89 bits per heavy atom. The predicted octanol–water partition coefficient (Wildman–Crippen LogP) is 4.12. The quantitative estimate of drug-likeness (QED) is 0.450. The lowest BCUT2D eigenvalue weighted by molar-refractivity contribution is 0.0694. The molecule has 2 heterocycles. The van der Waals surface area contributed by atoms with E-state index in [0.717, 1.165) is 5.69 Å². The molecule has 0 bridgehead atoms. The number of methoxy groups -OCH3 is 1. The second-order valence-electron chi connectivity index (χ2n) is 9.44. The minimum atomic E-state index is -1.37. The average molecular weight is 533 g/mol. The molecule has 198 valence electrons. The molecule has 4 rings (SSSR count). The highest BCUT2D eigenvalue weighted by Gasteiger charge is 2.24. The second kappa shape index (κ2) is 11.1. The summed E-state index contributed by atoms with van der Waals surface area (Å²) in [6, 6.07) is 6.01. The van der Waals surface area contributed by atoms with Crippen molar-refractivity contribution in [1.29, 1.82) is 0 Å². The Hall–Kier alpha value is -3.14. The van der Waals surface area contributed by atoms with Gasteiger partial charge in [0.25, 0.3) is 0 Å². The van der Waals surface area contributed by atoms with Gasteiger partial charge in [0, 0.05) is 42.8 Å². The Bertz CT molecular complexity index is 1380. The molecule has 3 aromatic rings. The number of fused-ring (bicyclic) bond motifs is 1. The summed E-state index contributed by atoms with van der Waals surface area (Å²) < 4.78 is 27.8. The summed E-state index contributed by atoms with van der Waals surface area (Å²) in [5.41, 5.74) is 0.929. The lowest BCUT2D eigenvalue weighted by atomic mass is 9.98. The molecule has 0 radical (unpaired) electrons. The Labute approximate surface area is 218 Å². The fourth-order valence-electron chi connectivity index (χ4n) is 4.76. The SMILES string of the molecule is COc1cc2c(cc1Cc1cc(N3CCOCC3)cc(Cl)c1F)c(=O)c(C(=O)O)cn2[C@H](CO)C(C)C. The van der Waals surface area contributed by atoms with E-state index in [1.54, 1.807) is 28.8 Å². The standard InChI is InChI=1S/C27H30ClFN2O6/c1-15(2)23(14-32)31-13-20(27(34)35)26(33)19-10-16(24(36-3)12-22(19)31)8-17-9-18(11-21(28)25(17)29)30-4-6-37-7-5-30/h9-13,15,23,32H,4-8,14H2,1-3H3,(H,34,35)/t23-/m1/s1. The highest BCUT2D eigenvalue weighted by molar-refractivity contribution is 6.31. The number of pyridine rings is 1. The van der Waals surface area contributed by atoms with Crippen LogP contribution in [-0.2, 0) is 11.2 Å². The fourth-order valence-corrected chi connectivity index (χ4v) is 5.00. The maximum absolute atomic E-state index is 15.2. The third-order valence-electron chi connectivity index (χ3n) is 6.82. The molecule has 0 saturated carbocycles. The van der Waals surface area contributed by atoms with Crippen molar-refractivity contribution < 1.29 is 28.9 Å². The molecule has 0 aliphatic carbocycles. The van der Waals surface area contributed by atoms with Gasteiger partial charge < -0.3 is 29.2 Å². The van der Waals surface area contributed by atoms with Gasteiger partial charge in [-0.2, -0.15) is 0 Å². The summed E-state index contributed by atoms with van der Waals surface area (Å²) in [5.74, 6) is -1.59. The number of aromatic nitrogens is 1. The third kappa shape index (κ3) is 5.30. The number of morpholine rings is 1. The van der Waals surface area contributed by atoms with Crippen LogP contribution >= 0.6 is 11.6 Å². The van der Waals surface area contributed by atoms with Gasteiger partial charge in [-0.1, -0.05) is 25.4 Å². The second-order valence-corrected chi connectivity index (χ2v) is 9.84. The maximum atomic E-state index is 15.2.